The number of nitrogens with one attached hydrogen (secondary N) is 1. The van der Waals surface area contributed by atoms with Crippen LogP contribution in [-0.4, -0.2) is 20.2 Å². The first-order valence-electron chi connectivity index (χ1n) is 10.0. The molecule has 0 saturated carbocycles. The van der Waals surface area contributed by atoms with Crippen molar-refractivity contribution in [3.63, 3.8) is 0 Å². The SMILES string of the molecule is Cc1cccc(S(=O)(=O)c2nc(-c3ccccc3)oc2NCc2ccc3c(c2)OCO3)c1. The third-order valence-electron chi connectivity index (χ3n) is 5.06. The molecule has 1 aliphatic heterocycles. The van der Waals surface area contributed by atoms with Crippen molar-refractivity contribution >= 4 is 15.7 Å². The molecule has 0 bridgehead atoms. The van der Waals surface area contributed by atoms with Crippen LogP contribution in [0.25, 0.3) is 11.5 Å². The molecule has 0 fully saturated rings. The summed E-state index contributed by atoms with van der Waals surface area (Å²) < 4.78 is 43.5. The van der Waals surface area contributed by atoms with Crippen molar-refractivity contribution < 1.29 is 22.3 Å². The van der Waals surface area contributed by atoms with Crippen LogP contribution in [0.5, 0.6) is 11.5 Å². The Morgan fingerprint density at radius 3 is 2.56 bits per heavy atom. The Morgan fingerprint density at radius 1 is 0.938 bits per heavy atom. The zero-order valence-corrected chi connectivity index (χ0v) is 18.1. The topological polar surface area (TPSA) is 90.7 Å². The number of sulfone groups is 1. The van der Waals surface area contributed by atoms with Gasteiger partial charge in [-0.25, -0.2) is 8.42 Å². The Labute approximate surface area is 185 Å². The van der Waals surface area contributed by atoms with E-state index in [1.807, 2.05) is 61.5 Å². The zero-order valence-electron chi connectivity index (χ0n) is 17.2. The first-order chi connectivity index (χ1) is 15.5. The van der Waals surface area contributed by atoms with Crippen LogP contribution in [0.4, 0.5) is 5.88 Å². The summed E-state index contributed by atoms with van der Waals surface area (Å²) in [5.41, 5.74) is 2.41. The van der Waals surface area contributed by atoms with Gasteiger partial charge in [0, 0.05) is 12.1 Å². The van der Waals surface area contributed by atoms with E-state index >= 15 is 0 Å². The van der Waals surface area contributed by atoms with E-state index in [0.29, 0.717) is 23.6 Å². The molecule has 1 aromatic heterocycles. The largest absolute Gasteiger partial charge is 0.454 e. The van der Waals surface area contributed by atoms with Crippen molar-refractivity contribution in [2.75, 3.05) is 12.1 Å². The monoisotopic (exact) mass is 448 g/mol. The molecule has 162 valence electrons. The molecule has 0 saturated heterocycles. The molecule has 4 aromatic rings. The van der Waals surface area contributed by atoms with Crippen LogP contribution in [0, 0.1) is 6.92 Å². The lowest BCUT2D eigenvalue weighted by Crippen LogP contribution is -2.07. The second-order valence-corrected chi connectivity index (χ2v) is 9.25. The number of ether oxygens (including phenoxy) is 2. The molecule has 2 heterocycles. The number of hydrogen-bond donors (Lipinski definition) is 1. The van der Waals surface area contributed by atoms with Crippen LogP contribution >= 0.6 is 0 Å². The number of aryl methyl sites for hydroxylation is 1. The molecule has 3 aromatic carbocycles. The van der Waals surface area contributed by atoms with Crippen molar-refractivity contribution in [1.82, 2.24) is 4.98 Å². The highest BCUT2D eigenvalue weighted by Gasteiger charge is 2.28. The third kappa shape index (κ3) is 3.80. The molecule has 32 heavy (non-hydrogen) atoms. The number of rotatable bonds is 6. The highest BCUT2D eigenvalue weighted by Crippen LogP contribution is 2.35. The molecule has 5 rings (SSSR count). The second-order valence-electron chi connectivity index (χ2n) is 7.38. The summed E-state index contributed by atoms with van der Waals surface area (Å²) in [5.74, 6) is 1.65. The molecular formula is C24H20N2O5S. The first kappa shape index (κ1) is 20.1. The van der Waals surface area contributed by atoms with E-state index in [0.717, 1.165) is 11.1 Å². The van der Waals surface area contributed by atoms with Crippen molar-refractivity contribution in [1.29, 1.82) is 0 Å². The molecule has 0 aliphatic carbocycles. The standard InChI is InChI=1S/C24H20N2O5S/c1-16-6-5-9-19(12-16)32(27,28)24-23(31-22(26-24)18-7-3-2-4-8-18)25-14-17-10-11-20-21(13-17)30-15-29-20/h2-13,25H,14-15H2,1H3. The van der Waals surface area contributed by atoms with Crippen LogP contribution in [0.1, 0.15) is 11.1 Å². The fourth-order valence-corrected chi connectivity index (χ4v) is 4.81. The third-order valence-corrected chi connectivity index (χ3v) is 6.72. The molecule has 1 aliphatic rings. The summed E-state index contributed by atoms with van der Waals surface area (Å²) in [6, 6.07) is 21.5. The molecule has 0 spiro atoms. The fourth-order valence-electron chi connectivity index (χ4n) is 3.43. The van der Waals surface area contributed by atoms with Gasteiger partial charge in [-0.1, -0.05) is 36.4 Å². The Morgan fingerprint density at radius 2 is 1.75 bits per heavy atom. The van der Waals surface area contributed by atoms with Gasteiger partial charge in [0.1, 0.15) is 0 Å². The van der Waals surface area contributed by atoms with Crippen molar-refractivity contribution in [2.45, 2.75) is 23.4 Å². The van der Waals surface area contributed by atoms with Gasteiger partial charge in [0.2, 0.25) is 33.4 Å². The number of oxazole rings is 1. The quantitative estimate of drug-likeness (QED) is 0.452. The molecule has 8 heteroatoms. The predicted octanol–water partition coefficient (Wildman–Crippen LogP) is 4.82. The lowest BCUT2D eigenvalue weighted by Gasteiger charge is -2.07. The predicted molar refractivity (Wildman–Crippen MR) is 118 cm³/mol. The summed E-state index contributed by atoms with van der Waals surface area (Å²) in [7, 11) is -3.91. The van der Waals surface area contributed by atoms with Gasteiger partial charge >= 0.3 is 0 Å². The Balaban J connectivity index is 1.52. The Bertz CT molecular complexity index is 1380. The smallest absolute Gasteiger partial charge is 0.234 e. The summed E-state index contributed by atoms with van der Waals surface area (Å²) in [4.78, 5) is 4.53. The van der Waals surface area contributed by atoms with Gasteiger partial charge in [0.05, 0.1) is 4.90 Å². The van der Waals surface area contributed by atoms with E-state index < -0.39 is 9.84 Å². The van der Waals surface area contributed by atoms with Gasteiger partial charge < -0.3 is 19.2 Å². The van der Waals surface area contributed by atoms with E-state index in [1.54, 1.807) is 18.2 Å². The highest BCUT2D eigenvalue weighted by atomic mass is 32.2. The van der Waals surface area contributed by atoms with Gasteiger partial charge in [-0.15, -0.1) is 0 Å². The number of aromatic nitrogens is 1. The molecule has 1 N–H and O–H groups in total. The van der Waals surface area contributed by atoms with Gasteiger partial charge in [-0.3, -0.25) is 0 Å². The lowest BCUT2D eigenvalue weighted by molar-refractivity contribution is 0.174. The number of nitrogens with zero attached hydrogens (tertiary/aromatic N) is 1. The number of fused-ring (bicyclic) bond motifs is 1. The molecule has 7 nitrogen and oxygen atoms in total. The van der Waals surface area contributed by atoms with E-state index in [-0.39, 0.29) is 28.5 Å². The van der Waals surface area contributed by atoms with E-state index in [2.05, 4.69) is 10.3 Å². The highest BCUT2D eigenvalue weighted by molar-refractivity contribution is 7.91. The second kappa shape index (κ2) is 8.05. The molecule has 0 amide bonds. The average molecular weight is 449 g/mol. The van der Waals surface area contributed by atoms with Crippen molar-refractivity contribution in [3.8, 4) is 23.0 Å². The van der Waals surface area contributed by atoms with Crippen LogP contribution < -0.4 is 14.8 Å². The van der Waals surface area contributed by atoms with E-state index in [9.17, 15) is 8.42 Å². The van der Waals surface area contributed by atoms with Crippen molar-refractivity contribution in [2.24, 2.45) is 0 Å². The van der Waals surface area contributed by atoms with Crippen LogP contribution in [0.2, 0.25) is 0 Å². The first-order valence-corrected chi connectivity index (χ1v) is 11.5. The normalized spacial score (nSPS) is 12.7. The van der Waals surface area contributed by atoms with Crippen LogP contribution in [0.3, 0.4) is 0 Å². The lowest BCUT2D eigenvalue weighted by atomic mass is 10.2. The van der Waals surface area contributed by atoms with Crippen LogP contribution in [-0.2, 0) is 16.4 Å². The number of anilines is 1. The summed E-state index contributed by atoms with van der Waals surface area (Å²) >= 11 is 0. The minimum Gasteiger partial charge on any atom is -0.454 e. The molecule has 0 radical (unpaired) electrons. The maximum absolute atomic E-state index is 13.4. The average Bonchev–Trinajstić information content (AvgIpc) is 3.45. The zero-order chi connectivity index (χ0) is 22.1. The molecular weight excluding hydrogens is 428 g/mol. The van der Waals surface area contributed by atoms with Gasteiger partial charge in [0.15, 0.2) is 11.5 Å². The van der Waals surface area contributed by atoms with E-state index in [4.69, 9.17) is 13.9 Å². The Kier molecular flexibility index (Phi) is 5.07. The minimum atomic E-state index is -3.91. The van der Waals surface area contributed by atoms with Crippen molar-refractivity contribution in [3.05, 3.63) is 83.9 Å². The van der Waals surface area contributed by atoms with Crippen LogP contribution in [0.15, 0.2) is 87.1 Å². The van der Waals surface area contributed by atoms with E-state index in [1.165, 1.54) is 0 Å². The number of benzene rings is 3. The number of hydrogen-bond acceptors (Lipinski definition) is 7. The minimum absolute atomic E-state index is 0.0861. The molecule has 0 atom stereocenters. The summed E-state index contributed by atoms with van der Waals surface area (Å²) in [5, 5.41) is 2.95. The van der Waals surface area contributed by atoms with Gasteiger partial charge in [-0.05, 0) is 54.4 Å². The fraction of sp³-hybridized carbons (Fsp3) is 0.125. The molecule has 0 unspecified atom stereocenters. The summed E-state index contributed by atoms with van der Waals surface area (Å²) in [6.45, 7) is 2.35. The van der Waals surface area contributed by atoms with Gasteiger partial charge in [0.25, 0.3) is 0 Å². The maximum Gasteiger partial charge on any atom is 0.234 e. The Hall–Kier alpha value is -3.78. The summed E-state index contributed by atoms with van der Waals surface area (Å²) in [6.07, 6.45) is 0. The van der Waals surface area contributed by atoms with Gasteiger partial charge in [-0.2, -0.15) is 4.98 Å². The maximum atomic E-state index is 13.4.